The molecule has 0 atom stereocenters. The lowest BCUT2D eigenvalue weighted by atomic mass is 10.2. The van der Waals surface area contributed by atoms with E-state index in [0.717, 1.165) is 0 Å². The molecule has 0 aliphatic heterocycles. The first kappa shape index (κ1) is 13.5. The van der Waals surface area contributed by atoms with Crippen molar-refractivity contribution in [3.05, 3.63) is 0 Å². The summed E-state index contributed by atoms with van der Waals surface area (Å²) in [7, 11) is 0. The molecule has 82 valence electrons. The van der Waals surface area contributed by atoms with Gasteiger partial charge in [0.15, 0.2) is 5.92 Å². The summed E-state index contributed by atoms with van der Waals surface area (Å²) >= 11 is 10.9. The SMILES string of the molecule is CCOC(=O)C(C(=O)OCC)C(Cl)Cl. The molecule has 0 aliphatic carbocycles. The van der Waals surface area contributed by atoms with Gasteiger partial charge in [-0.25, -0.2) is 0 Å². The largest absolute Gasteiger partial charge is 0.465 e. The second-order valence-electron chi connectivity index (χ2n) is 2.32. The van der Waals surface area contributed by atoms with Crippen LogP contribution in [0.1, 0.15) is 13.8 Å². The average molecular weight is 243 g/mol. The van der Waals surface area contributed by atoms with Gasteiger partial charge >= 0.3 is 11.9 Å². The second kappa shape index (κ2) is 6.90. The van der Waals surface area contributed by atoms with E-state index in [4.69, 9.17) is 23.2 Å². The van der Waals surface area contributed by atoms with Gasteiger partial charge in [0, 0.05) is 0 Å². The first-order valence-electron chi connectivity index (χ1n) is 4.16. The smallest absolute Gasteiger partial charge is 0.323 e. The quantitative estimate of drug-likeness (QED) is 0.417. The number of ether oxygens (including phenoxy) is 2. The number of hydrogen-bond acceptors (Lipinski definition) is 4. The van der Waals surface area contributed by atoms with Crippen LogP contribution in [0.3, 0.4) is 0 Å². The van der Waals surface area contributed by atoms with Gasteiger partial charge in [0.1, 0.15) is 4.84 Å². The summed E-state index contributed by atoms with van der Waals surface area (Å²) in [5, 5.41) is 0. The van der Waals surface area contributed by atoms with Gasteiger partial charge in [-0.1, -0.05) is 0 Å². The summed E-state index contributed by atoms with van der Waals surface area (Å²) in [6, 6.07) is 0. The van der Waals surface area contributed by atoms with E-state index >= 15 is 0 Å². The lowest BCUT2D eigenvalue weighted by Gasteiger charge is -2.14. The summed E-state index contributed by atoms with van der Waals surface area (Å²) in [4.78, 5) is 21.3. The monoisotopic (exact) mass is 242 g/mol. The molecule has 0 saturated heterocycles. The van der Waals surface area contributed by atoms with Gasteiger partial charge in [0.25, 0.3) is 0 Å². The van der Waals surface area contributed by atoms with Crippen molar-refractivity contribution in [1.82, 2.24) is 0 Å². The molecular formula is C8H12Cl2O4. The molecule has 0 unspecified atom stereocenters. The fourth-order valence-electron chi connectivity index (χ4n) is 0.766. The highest BCUT2D eigenvalue weighted by molar-refractivity contribution is 6.46. The Morgan fingerprint density at radius 3 is 1.64 bits per heavy atom. The van der Waals surface area contributed by atoms with Gasteiger partial charge < -0.3 is 9.47 Å². The van der Waals surface area contributed by atoms with Gasteiger partial charge in [-0.2, -0.15) is 0 Å². The number of carbonyl (C=O) groups excluding carboxylic acids is 2. The molecule has 0 fully saturated rings. The van der Waals surface area contributed by atoms with Crippen molar-refractivity contribution in [2.75, 3.05) is 13.2 Å². The summed E-state index contributed by atoms with van der Waals surface area (Å²) in [5.41, 5.74) is 0. The van der Waals surface area contributed by atoms with E-state index < -0.39 is 22.7 Å². The lowest BCUT2D eigenvalue weighted by molar-refractivity contribution is -0.160. The fourth-order valence-corrected chi connectivity index (χ4v) is 1.18. The third kappa shape index (κ3) is 4.15. The first-order chi connectivity index (χ1) is 6.54. The Morgan fingerprint density at radius 2 is 1.43 bits per heavy atom. The van der Waals surface area contributed by atoms with E-state index in [2.05, 4.69) is 9.47 Å². The topological polar surface area (TPSA) is 52.6 Å². The first-order valence-corrected chi connectivity index (χ1v) is 5.03. The van der Waals surface area contributed by atoms with Crippen LogP contribution in [0.25, 0.3) is 0 Å². The normalized spacial score (nSPS) is 10.4. The highest BCUT2D eigenvalue weighted by atomic mass is 35.5. The van der Waals surface area contributed by atoms with Crippen molar-refractivity contribution in [3.8, 4) is 0 Å². The summed E-state index contributed by atoms with van der Waals surface area (Å²) in [5.74, 6) is -2.79. The minimum absolute atomic E-state index is 0.162. The van der Waals surface area contributed by atoms with Crippen LogP contribution >= 0.6 is 23.2 Å². The molecular weight excluding hydrogens is 231 g/mol. The minimum atomic E-state index is -1.27. The lowest BCUT2D eigenvalue weighted by Crippen LogP contribution is -2.32. The van der Waals surface area contributed by atoms with E-state index in [0.29, 0.717) is 0 Å². The minimum Gasteiger partial charge on any atom is -0.465 e. The van der Waals surface area contributed by atoms with Gasteiger partial charge in [0.2, 0.25) is 0 Å². The Balaban J connectivity index is 4.42. The number of carbonyl (C=O) groups is 2. The molecule has 0 aromatic rings. The molecule has 6 heteroatoms. The van der Waals surface area contributed by atoms with Crippen LogP contribution in [-0.2, 0) is 19.1 Å². The summed E-state index contributed by atoms with van der Waals surface area (Å²) < 4.78 is 9.25. The molecule has 0 amide bonds. The molecule has 0 aromatic heterocycles. The average Bonchev–Trinajstić information content (AvgIpc) is 2.04. The fraction of sp³-hybridized carbons (Fsp3) is 0.750. The summed E-state index contributed by atoms with van der Waals surface area (Å²) in [6.07, 6.45) is 0. The van der Waals surface area contributed by atoms with Crippen LogP contribution in [0.2, 0.25) is 0 Å². The molecule has 0 saturated carbocycles. The third-order valence-electron chi connectivity index (χ3n) is 1.33. The zero-order chi connectivity index (χ0) is 11.1. The number of rotatable bonds is 5. The maximum Gasteiger partial charge on any atom is 0.323 e. The molecule has 0 N–H and O–H groups in total. The number of halogens is 2. The predicted molar refractivity (Wildman–Crippen MR) is 52.3 cm³/mol. The van der Waals surface area contributed by atoms with Crippen molar-refractivity contribution in [3.63, 3.8) is 0 Å². The van der Waals surface area contributed by atoms with Crippen LogP contribution in [0.4, 0.5) is 0 Å². The van der Waals surface area contributed by atoms with Crippen molar-refractivity contribution in [2.45, 2.75) is 18.7 Å². The molecule has 4 nitrogen and oxygen atoms in total. The van der Waals surface area contributed by atoms with Gasteiger partial charge in [-0.3, -0.25) is 9.59 Å². The Kier molecular flexibility index (Phi) is 6.66. The zero-order valence-electron chi connectivity index (χ0n) is 7.96. The van der Waals surface area contributed by atoms with Crippen LogP contribution in [0.15, 0.2) is 0 Å². The van der Waals surface area contributed by atoms with E-state index in [1.165, 1.54) is 0 Å². The molecule has 0 bridgehead atoms. The summed E-state index contributed by atoms with van der Waals surface area (Å²) in [6.45, 7) is 3.57. The Hall–Kier alpha value is -0.480. The third-order valence-corrected chi connectivity index (χ3v) is 1.84. The number of hydrogen-bond donors (Lipinski definition) is 0. The number of esters is 2. The van der Waals surface area contributed by atoms with Crippen molar-refractivity contribution in [1.29, 1.82) is 0 Å². The Labute approximate surface area is 92.5 Å². The molecule has 0 rings (SSSR count). The van der Waals surface area contributed by atoms with E-state index in [1.54, 1.807) is 13.8 Å². The van der Waals surface area contributed by atoms with Crippen LogP contribution in [0, 0.1) is 5.92 Å². The van der Waals surface area contributed by atoms with Crippen molar-refractivity contribution < 1.29 is 19.1 Å². The van der Waals surface area contributed by atoms with Crippen LogP contribution in [0.5, 0.6) is 0 Å². The van der Waals surface area contributed by atoms with E-state index in [-0.39, 0.29) is 13.2 Å². The van der Waals surface area contributed by atoms with Crippen LogP contribution < -0.4 is 0 Å². The predicted octanol–water partition coefficient (Wildman–Crippen LogP) is 1.53. The van der Waals surface area contributed by atoms with Crippen molar-refractivity contribution >= 4 is 35.1 Å². The van der Waals surface area contributed by atoms with E-state index in [9.17, 15) is 9.59 Å². The molecule has 14 heavy (non-hydrogen) atoms. The molecule has 0 heterocycles. The molecule has 0 aromatic carbocycles. The maximum absolute atomic E-state index is 11.2. The second-order valence-corrected chi connectivity index (χ2v) is 3.48. The van der Waals surface area contributed by atoms with Gasteiger partial charge in [0.05, 0.1) is 13.2 Å². The molecule has 0 aliphatic rings. The van der Waals surface area contributed by atoms with Gasteiger partial charge in [-0.15, -0.1) is 23.2 Å². The standard InChI is InChI=1S/C8H12Cl2O4/c1-3-13-7(11)5(6(9)10)8(12)14-4-2/h5-6H,3-4H2,1-2H3. The molecule has 0 radical (unpaired) electrons. The zero-order valence-corrected chi connectivity index (χ0v) is 9.47. The molecule has 0 spiro atoms. The Bertz CT molecular complexity index is 188. The maximum atomic E-state index is 11.2. The van der Waals surface area contributed by atoms with E-state index in [1.807, 2.05) is 0 Å². The Morgan fingerprint density at radius 1 is 1.07 bits per heavy atom. The van der Waals surface area contributed by atoms with Gasteiger partial charge in [-0.05, 0) is 13.8 Å². The number of alkyl halides is 2. The highest BCUT2D eigenvalue weighted by Gasteiger charge is 2.35. The van der Waals surface area contributed by atoms with Crippen LogP contribution in [-0.4, -0.2) is 30.0 Å². The van der Waals surface area contributed by atoms with Crippen molar-refractivity contribution in [2.24, 2.45) is 5.92 Å². The highest BCUT2D eigenvalue weighted by Crippen LogP contribution is 2.18.